The van der Waals surface area contributed by atoms with Crippen LogP contribution in [0.15, 0.2) is 36.0 Å². The number of nitrogens with zero attached hydrogens (tertiary/aromatic N) is 3. The lowest BCUT2D eigenvalue weighted by Gasteiger charge is -2.28. The van der Waals surface area contributed by atoms with Crippen LogP contribution in [0.3, 0.4) is 0 Å². The van der Waals surface area contributed by atoms with Gasteiger partial charge in [-0.2, -0.15) is 4.90 Å². The fourth-order valence-electron chi connectivity index (χ4n) is 2.94. The van der Waals surface area contributed by atoms with Crippen LogP contribution in [0.25, 0.3) is 21.7 Å². The largest absolute Gasteiger partial charge is 0.467 e. The molecule has 0 bridgehead atoms. The first-order valence-corrected chi connectivity index (χ1v) is 11.2. The minimum Gasteiger partial charge on any atom is -0.467 e. The van der Waals surface area contributed by atoms with Crippen molar-refractivity contribution < 1.29 is 28.5 Å². The molecule has 0 saturated carbocycles. The maximum absolute atomic E-state index is 12.6. The topological polar surface area (TPSA) is 102 Å². The van der Waals surface area contributed by atoms with Crippen LogP contribution in [0.5, 0.6) is 5.75 Å². The first-order valence-electron chi connectivity index (χ1n) is 11.2. The van der Waals surface area contributed by atoms with Crippen molar-refractivity contribution in [3.05, 3.63) is 58.6 Å². The number of hydrogen-bond donors (Lipinski definition) is 0. The minimum absolute atomic E-state index is 0.103. The van der Waals surface area contributed by atoms with Crippen LogP contribution in [-0.4, -0.2) is 41.8 Å². The standard InChI is InChI=1S/C27H31N3O6/c1-18-9-10-19-12-21(13-22(15-28)29-8)23(14-20(19)11-18)34-17-33-16-30(24(31)35-26(2,3)4)25(32)36-27(5,6)7/h9-14H,16-17H2,1-7H3/b22-13-. The molecule has 2 amide bonds. The van der Waals surface area contributed by atoms with Crippen LogP contribution in [0, 0.1) is 24.8 Å². The monoisotopic (exact) mass is 493 g/mol. The molecule has 0 N–H and O–H groups in total. The van der Waals surface area contributed by atoms with Gasteiger partial charge in [0.15, 0.2) is 6.79 Å². The van der Waals surface area contributed by atoms with Gasteiger partial charge in [0.2, 0.25) is 0 Å². The molecule has 9 nitrogen and oxygen atoms in total. The normalized spacial score (nSPS) is 11.9. The Bertz CT molecular complexity index is 1200. The summed E-state index contributed by atoms with van der Waals surface area (Å²) in [4.78, 5) is 29.1. The van der Waals surface area contributed by atoms with Crippen LogP contribution in [0.4, 0.5) is 9.59 Å². The number of allylic oxidation sites excluding steroid dienone is 1. The first kappa shape index (κ1) is 28.2. The van der Waals surface area contributed by atoms with Gasteiger partial charge in [0.25, 0.3) is 5.70 Å². The summed E-state index contributed by atoms with van der Waals surface area (Å²) in [6.45, 7) is 18.4. The molecule has 0 aliphatic rings. The van der Waals surface area contributed by atoms with Gasteiger partial charge in [-0.15, -0.1) is 0 Å². The molecular weight excluding hydrogens is 462 g/mol. The molecule has 36 heavy (non-hydrogen) atoms. The first-order chi connectivity index (χ1) is 16.7. The molecular formula is C27H31N3O6. The van der Waals surface area contributed by atoms with Gasteiger partial charge in [0, 0.05) is 5.56 Å². The van der Waals surface area contributed by atoms with Crippen molar-refractivity contribution >= 4 is 29.0 Å². The van der Waals surface area contributed by atoms with E-state index in [-0.39, 0.29) is 12.5 Å². The summed E-state index contributed by atoms with van der Waals surface area (Å²) in [5, 5.41) is 11.0. The Balaban J connectivity index is 2.24. The molecule has 0 aliphatic carbocycles. The molecule has 0 heterocycles. The quantitative estimate of drug-likeness (QED) is 0.198. The average Bonchev–Trinajstić information content (AvgIpc) is 2.74. The fourth-order valence-corrected chi connectivity index (χ4v) is 2.94. The van der Waals surface area contributed by atoms with Crippen molar-refractivity contribution in [3.63, 3.8) is 0 Å². The molecule has 0 aromatic heterocycles. The lowest BCUT2D eigenvalue weighted by atomic mass is 10.0. The molecule has 0 unspecified atom stereocenters. The van der Waals surface area contributed by atoms with E-state index in [4.69, 9.17) is 25.5 Å². The maximum atomic E-state index is 12.6. The highest BCUT2D eigenvalue weighted by Gasteiger charge is 2.31. The van der Waals surface area contributed by atoms with Gasteiger partial charge in [-0.1, -0.05) is 23.8 Å². The fraction of sp³-hybridized carbons (Fsp3) is 0.407. The zero-order valence-corrected chi connectivity index (χ0v) is 21.7. The van der Waals surface area contributed by atoms with Crippen LogP contribution < -0.4 is 4.74 Å². The maximum Gasteiger partial charge on any atom is 0.421 e. The summed E-state index contributed by atoms with van der Waals surface area (Å²) in [7, 11) is 0. The third kappa shape index (κ3) is 8.61. The zero-order valence-electron chi connectivity index (χ0n) is 21.7. The molecule has 2 aromatic rings. The third-order valence-corrected chi connectivity index (χ3v) is 4.40. The van der Waals surface area contributed by atoms with Gasteiger partial charge in [0.1, 0.15) is 23.7 Å². The highest BCUT2D eigenvalue weighted by Crippen LogP contribution is 2.29. The predicted molar refractivity (Wildman–Crippen MR) is 135 cm³/mol. The van der Waals surface area contributed by atoms with Crippen molar-refractivity contribution in [1.29, 1.82) is 5.26 Å². The molecule has 0 atom stereocenters. The molecule has 0 radical (unpaired) electrons. The number of ether oxygens (including phenoxy) is 4. The van der Waals surface area contributed by atoms with E-state index in [1.807, 2.05) is 31.2 Å². The summed E-state index contributed by atoms with van der Waals surface area (Å²) in [6, 6.07) is 11.3. The summed E-state index contributed by atoms with van der Waals surface area (Å²) < 4.78 is 21.8. The number of imide groups is 1. The number of benzene rings is 2. The van der Waals surface area contributed by atoms with Gasteiger partial charge < -0.3 is 18.9 Å². The van der Waals surface area contributed by atoms with E-state index in [0.29, 0.717) is 16.2 Å². The highest BCUT2D eigenvalue weighted by molar-refractivity contribution is 5.89. The predicted octanol–water partition coefficient (Wildman–Crippen LogP) is 6.41. The van der Waals surface area contributed by atoms with E-state index >= 15 is 0 Å². The number of carbonyl (C=O) groups is 2. The Morgan fingerprint density at radius 1 is 1.03 bits per heavy atom. The van der Waals surface area contributed by atoms with Gasteiger partial charge in [-0.25, -0.2) is 19.7 Å². The van der Waals surface area contributed by atoms with Crippen LogP contribution >= 0.6 is 0 Å². The van der Waals surface area contributed by atoms with E-state index in [1.54, 1.807) is 53.7 Å². The van der Waals surface area contributed by atoms with Crippen molar-refractivity contribution in [1.82, 2.24) is 4.90 Å². The Morgan fingerprint density at radius 2 is 1.64 bits per heavy atom. The zero-order chi connectivity index (χ0) is 27.1. The summed E-state index contributed by atoms with van der Waals surface area (Å²) in [6.07, 6.45) is -0.412. The summed E-state index contributed by atoms with van der Waals surface area (Å²) in [5.41, 5.74) is -0.205. The Labute approximate surface area is 211 Å². The molecule has 2 aromatic carbocycles. The van der Waals surface area contributed by atoms with Gasteiger partial charge in [0.05, 0.1) is 12.6 Å². The average molecular weight is 494 g/mol. The van der Waals surface area contributed by atoms with E-state index in [2.05, 4.69) is 4.85 Å². The summed E-state index contributed by atoms with van der Waals surface area (Å²) in [5.74, 6) is 0.366. The molecule has 2 rings (SSSR count). The minimum atomic E-state index is -0.919. The Morgan fingerprint density at radius 3 is 2.17 bits per heavy atom. The third-order valence-electron chi connectivity index (χ3n) is 4.40. The van der Waals surface area contributed by atoms with Gasteiger partial charge in [-0.3, -0.25) is 0 Å². The van der Waals surface area contributed by atoms with E-state index < -0.39 is 30.1 Å². The lowest BCUT2D eigenvalue weighted by Crippen LogP contribution is -2.44. The summed E-state index contributed by atoms with van der Waals surface area (Å²) >= 11 is 0. The number of fused-ring (bicyclic) bond motifs is 1. The Hall–Kier alpha value is -4.08. The second-order valence-electron chi connectivity index (χ2n) is 9.98. The lowest BCUT2D eigenvalue weighted by molar-refractivity contribution is -0.0569. The second-order valence-corrected chi connectivity index (χ2v) is 9.98. The molecule has 0 aliphatic heterocycles. The molecule has 0 fully saturated rings. The second kappa shape index (κ2) is 11.6. The molecule has 190 valence electrons. The molecule has 9 heteroatoms. The van der Waals surface area contributed by atoms with Crippen LogP contribution in [0.1, 0.15) is 52.7 Å². The van der Waals surface area contributed by atoms with Crippen molar-refractivity contribution in [2.75, 3.05) is 13.5 Å². The number of aryl methyl sites for hydroxylation is 1. The van der Waals surface area contributed by atoms with Gasteiger partial charge in [-0.05, 0) is 77.4 Å². The van der Waals surface area contributed by atoms with E-state index in [0.717, 1.165) is 16.3 Å². The smallest absolute Gasteiger partial charge is 0.421 e. The van der Waals surface area contributed by atoms with Gasteiger partial charge >= 0.3 is 12.2 Å². The number of hydrogen-bond acceptors (Lipinski definition) is 7. The van der Waals surface area contributed by atoms with Crippen LogP contribution in [-0.2, 0) is 14.2 Å². The van der Waals surface area contributed by atoms with Crippen molar-refractivity contribution in [2.45, 2.75) is 59.7 Å². The SMILES string of the molecule is [C-]#[N+]/C(C#N)=C\c1cc2ccc(C)cc2cc1OCOCN(C(=O)OC(C)(C)C)C(=O)OC(C)(C)C. The van der Waals surface area contributed by atoms with Crippen LogP contribution in [0.2, 0.25) is 0 Å². The number of rotatable bonds is 6. The highest BCUT2D eigenvalue weighted by atomic mass is 16.7. The Kier molecular flexibility index (Phi) is 9.05. The number of carbonyl (C=O) groups excluding carboxylic acids is 2. The van der Waals surface area contributed by atoms with E-state index in [1.165, 1.54) is 6.08 Å². The number of amides is 2. The number of nitriles is 1. The van der Waals surface area contributed by atoms with Crippen molar-refractivity contribution in [2.24, 2.45) is 0 Å². The van der Waals surface area contributed by atoms with E-state index in [9.17, 15) is 14.9 Å². The molecule has 0 spiro atoms. The molecule has 0 saturated heterocycles. The van der Waals surface area contributed by atoms with Crippen molar-refractivity contribution in [3.8, 4) is 11.8 Å².